The molecule has 0 unspecified atom stereocenters. The Morgan fingerprint density at radius 2 is 1.94 bits per heavy atom. The number of hydrogen-bond acceptors (Lipinski definition) is 4. The van der Waals surface area contributed by atoms with Gasteiger partial charge >= 0.3 is 5.97 Å². The van der Waals surface area contributed by atoms with Crippen molar-refractivity contribution in [3.63, 3.8) is 0 Å². The lowest BCUT2D eigenvalue weighted by molar-refractivity contribution is 0.0525. The van der Waals surface area contributed by atoms with Crippen LogP contribution in [0.1, 0.15) is 46.5 Å². The summed E-state index contributed by atoms with van der Waals surface area (Å²) in [5.74, 6) is -0.570. The van der Waals surface area contributed by atoms with Crippen LogP contribution in [0.4, 0.5) is 0 Å². The number of ether oxygens (including phenoxy) is 1. The molecule has 0 aromatic heterocycles. The van der Waals surface area contributed by atoms with Crippen LogP contribution < -0.4 is 0 Å². The van der Waals surface area contributed by atoms with Gasteiger partial charge in [0.1, 0.15) is 0 Å². The molecule has 4 heteroatoms. The number of hydrogen-bond donors (Lipinski definition) is 0. The molecule has 0 aliphatic rings. The SMILES string of the molecule is CCOC(=O)c1cccc(C(=O)CC)c1CC#N. The van der Waals surface area contributed by atoms with Crippen LogP contribution in [0, 0.1) is 11.3 Å². The van der Waals surface area contributed by atoms with Crippen molar-refractivity contribution < 1.29 is 14.3 Å². The summed E-state index contributed by atoms with van der Waals surface area (Å²) in [5, 5.41) is 8.82. The number of Topliss-reactive ketones (excluding diaryl/α,β-unsaturated/α-hetero) is 1. The number of nitrogens with zero attached hydrogens (tertiary/aromatic N) is 1. The molecule has 0 fully saturated rings. The summed E-state index contributed by atoms with van der Waals surface area (Å²) in [6.07, 6.45) is 0.362. The van der Waals surface area contributed by atoms with Crippen LogP contribution in [0.3, 0.4) is 0 Å². The molecule has 1 aromatic carbocycles. The summed E-state index contributed by atoms with van der Waals surface area (Å²) in [4.78, 5) is 23.5. The van der Waals surface area contributed by atoms with Gasteiger partial charge in [-0.1, -0.05) is 19.1 Å². The van der Waals surface area contributed by atoms with Gasteiger partial charge in [0, 0.05) is 12.0 Å². The number of benzene rings is 1. The third kappa shape index (κ3) is 2.95. The van der Waals surface area contributed by atoms with E-state index >= 15 is 0 Å². The summed E-state index contributed by atoms with van der Waals surface area (Å²) in [5.41, 5.74) is 1.20. The predicted octanol–water partition coefficient (Wildman–Crippen LogP) is 2.52. The van der Waals surface area contributed by atoms with Crippen LogP contribution in [-0.2, 0) is 11.2 Å². The molecule has 0 atom stereocenters. The summed E-state index contributed by atoms with van der Waals surface area (Å²) in [6.45, 7) is 3.72. The van der Waals surface area contributed by atoms with E-state index in [1.165, 1.54) is 0 Å². The normalized spacial score (nSPS) is 9.61. The minimum absolute atomic E-state index is 0.0239. The highest BCUT2D eigenvalue weighted by Crippen LogP contribution is 2.18. The quantitative estimate of drug-likeness (QED) is 0.590. The van der Waals surface area contributed by atoms with Crippen molar-refractivity contribution in [2.45, 2.75) is 26.7 Å². The van der Waals surface area contributed by atoms with Crippen molar-refractivity contribution in [3.8, 4) is 6.07 Å². The van der Waals surface area contributed by atoms with Gasteiger partial charge in [0.15, 0.2) is 5.78 Å². The number of carbonyl (C=O) groups is 2. The molecule has 0 radical (unpaired) electrons. The van der Waals surface area contributed by atoms with Crippen molar-refractivity contribution >= 4 is 11.8 Å². The van der Waals surface area contributed by atoms with E-state index in [-0.39, 0.29) is 18.8 Å². The monoisotopic (exact) mass is 245 g/mol. The number of esters is 1. The standard InChI is InChI=1S/C14H15NO3/c1-3-13(16)11-6-5-7-12(10(11)8-9-15)14(17)18-4-2/h5-7H,3-4,8H2,1-2H3. The predicted molar refractivity (Wildman–Crippen MR) is 66.3 cm³/mol. The third-order valence-electron chi connectivity index (χ3n) is 2.55. The fourth-order valence-electron chi connectivity index (χ4n) is 1.71. The van der Waals surface area contributed by atoms with E-state index in [0.29, 0.717) is 23.1 Å². The molecule has 0 N–H and O–H groups in total. The molecule has 0 aliphatic heterocycles. The van der Waals surface area contributed by atoms with Crippen LogP contribution in [0.2, 0.25) is 0 Å². The average molecular weight is 245 g/mol. The van der Waals surface area contributed by atoms with Crippen molar-refractivity contribution in [1.29, 1.82) is 5.26 Å². The first kappa shape index (κ1) is 13.9. The van der Waals surface area contributed by atoms with E-state index in [0.717, 1.165) is 0 Å². The molecule has 18 heavy (non-hydrogen) atoms. The maximum atomic E-state index is 11.8. The van der Waals surface area contributed by atoms with E-state index in [1.807, 2.05) is 6.07 Å². The summed E-state index contributed by atoms with van der Waals surface area (Å²) in [7, 11) is 0. The van der Waals surface area contributed by atoms with Gasteiger partial charge in [-0.25, -0.2) is 4.79 Å². The minimum Gasteiger partial charge on any atom is -0.462 e. The van der Waals surface area contributed by atoms with Crippen molar-refractivity contribution in [1.82, 2.24) is 0 Å². The fourth-order valence-corrected chi connectivity index (χ4v) is 1.71. The molecule has 4 nitrogen and oxygen atoms in total. The lowest BCUT2D eigenvalue weighted by Crippen LogP contribution is -2.12. The van der Waals surface area contributed by atoms with Gasteiger partial charge in [-0.05, 0) is 18.6 Å². The number of ketones is 1. The second-order valence-corrected chi connectivity index (χ2v) is 3.66. The Hall–Kier alpha value is -2.15. The lowest BCUT2D eigenvalue weighted by Gasteiger charge is -2.10. The zero-order chi connectivity index (χ0) is 13.5. The Morgan fingerprint density at radius 3 is 2.50 bits per heavy atom. The number of carbonyl (C=O) groups excluding carboxylic acids is 2. The Balaban J connectivity index is 3.30. The maximum absolute atomic E-state index is 11.8. The number of nitriles is 1. The largest absolute Gasteiger partial charge is 0.462 e. The van der Waals surface area contributed by atoms with Gasteiger partial charge in [0.25, 0.3) is 0 Å². The van der Waals surface area contributed by atoms with Gasteiger partial charge in [-0.15, -0.1) is 0 Å². The molecular weight excluding hydrogens is 230 g/mol. The van der Waals surface area contributed by atoms with Crippen molar-refractivity contribution in [3.05, 3.63) is 34.9 Å². The van der Waals surface area contributed by atoms with Gasteiger partial charge in [-0.2, -0.15) is 5.26 Å². The van der Waals surface area contributed by atoms with Gasteiger partial charge in [0.2, 0.25) is 0 Å². The molecule has 0 saturated heterocycles. The van der Waals surface area contributed by atoms with E-state index in [9.17, 15) is 9.59 Å². The van der Waals surface area contributed by atoms with Crippen LogP contribution in [-0.4, -0.2) is 18.4 Å². The minimum atomic E-state index is -0.492. The Morgan fingerprint density at radius 1 is 1.28 bits per heavy atom. The average Bonchev–Trinajstić information content (AvgIpc) is 2.38. The van der Waals surface area contributed by atoms with Crippen molar-refractivity contribution in [2.24, 2.45) is 0 Å². The van der Waals surface area contributed by atoms with Crippen LogP contribution in [0.5, 0.6) is 0 Å². The molecule has 94 valence electrons. The zero-order valence-corrected chi connectivity index (χ0v) is 10.5. The Bertz CT molecular complexity index is 500. The van der Waals surface area contributed by atoms with Crippen molar-refractivity contribution in [2.75, 3.05) is 6.61 Å². The fraction of sp³-hybridized carbons (Fsp3) is 0.357. The second kappa shape index (κ2) is 6.55. The summed E-state index contributed by atoms with van der Waals surface area (Å²) in [6, 6.07) is 6.84. The van der Waals surface area contributed by atoms with Crippen LogP contribution in [0.25, 0.3) is 0 Å². The molecule has 0 heterocycles. The van der Waals surface area contributed by atoms with E-state index in [2.05, 4.69) is 0 Å². The molecule has 0 amide bonds. The topological polar surface area (TPSA) is 67.2 Å². The van der Waals surface area contributed by atoms with Gasteiger partial charge < -0.3 is 4.74 Å². The molecule has 0 spiro atoms. The van der Waals surface area contributed by atoms with Crippen LogP contribution in [0.15, 0.2) is 18.2 Å². The maximum Gasteiger partial charge on any atom is 0.338 e. The first-order valence-electron chi connectivity index (χ1n) is 5.84. The summed E-state index contributed by atoms with van der Waals surface area (Å²) < 4.78 is 4.92. The zero-order valence-electron chi connectivity index (χ0n) is 10.5. The second-order valence-electron chi connectivity index (χ2n) is 3.66. The van der Waals surface area contributed by atoms with E-state index < -0.39 is 5.97 Å². The molecule has 0 saturated carbocycles. The smallest absolute Gasteiger partial charge is 0.338 e. The molecule has 0 aliphatic carbocycles. The molecule has 1 rings (SSSR count). The number of rotatable bonds is 5. The molecular formula is C14H15NO3. The Labute approximate surface area is 106 Å². The van der Waals surface area contributed by atoms with E-state index in [4.69, 9.17) is 10.00 Å². The first-order chi connectivity index (χ1) is 8.65. The van der Waals surface area contributed by atoms with Gasteiger partial charge in [0.05, 0.1) is 24.7 Å². The molecule has 1 aromatic rings. The summed E-state index contributed by atoms with van der Waals surface area (Å²) >= 11 is 0. The highest BCUT2D eigenvalue weighted by Gasteiger charge is 2.18. The third-order valence-corrected chi connectivity index (χ3v) is 2.55. The first-order valence-corrected chi connectivity index (χ1v) is 5.84. The highest BCUT2D eigenvalue weighted by atomic mass is 16.5. The van der Waals surface area contributed by atoms with Crippen LogP contribution >= 0.6 is 0 Å². The highest BCUT2D eigenvalue weighted by molar-refractivity contribution is 6.01. The van der Waals surface area contributed by atoms with Gasteiger partial charge in [-0.3, -0.25) is 4.79 Å². The van der Waals surface area contributed by atoms with E-state index in [1.54, 1.807) is 32.0 Å². The Kier molecular flexibility index (Phi) is 5.06. The lowest BCUT2D eigenvalue weighted by atomic mass is 9.95. The molecule has 0 bridgehead atoms.